The average molecular weight is 226 g/mol. The summed E-state index contributed by atoms with van der Waals surface area (Å²) in [7, 11) is 0. The van der Waals surface area contributed by atoms with Gasteiger partial charge in [-0.2, -0.15) is 0 Å². The highest BCUT2D eigenvalue weighted by Crippen LogP contribution is 2.11. The molecular formula is C10H14N2O2S. The van der Waals surface area contributed by atoms with Crippen molar-refractivity contribution in [2.75, 3.05) is 19.6 Å². The van der Waals surface area contributed by atoms with Gasteiger partial charge in [0.1, 0.15) is 0 Å². The molecule has 0 unspecified atom stereocenters. The van der Waals surface area contributed by atoms with E-state index >= 15 is 0 Å². The van der Waals surface area contributed by atoms with Crippen molar-refractivity contribution in [1.82, 2.24) is 9.88 Å². The summed E-state index contributed by atoms with van der Waals surface area (Å²) in [5.74, 6) is 0.0547. The van der Waals surface area contributed by atoms with Crippen molar-refractivity contribution in [2.24, 2.45) is 0 Å². The number of piperidine rings is 1. The third-order valence-corrected chi connectivity index (χ3v) is 3.33. The van der Waals surface area contributed by atoms with Crippen molar-refractivity contribution >= 4 is 17.1 Å². The second kappa shape index (κ2) is 4.83. The van der Waals surface area contributed by atoms with Crippen LogP contribution in [0.1, 0.15) is 22.6 Å². The van der Waals surface area contributed by atoms with Gasteiger partial charge in [-0.05, 0) is 19.4 Å². The van der Waals surface area contributed by atoms with Crippen LogP contribution in [0, 0.1) is 0 Å². The smallest absolute Gasteiger partial charge is 0.205 e. The van der Waals surface area contributed by atoms with E-state index in [4.69, 9.17) is 0 Å². The molecule has 0 amide bonds. The molecule has 0 bridgehead atoms. The molecule has 1 aliphatic rings. The molecule has 0 aliphatic carbocycles. The SMILES string of the molecule is O=C(CN1CCC[C@@H](O)C1)c1nccs1. The number of aromatic nitrogens is 1. The number of aliphatic hydroxyl groups is 1. The standard InChI is InChI=1S/C10H14N2O2S/c13-8-2-1-4-12(6-8)7-9(14)10-11-3-5-15-10/h3,5,8,13H,1-2,4,6-7H2/t8-/m1/s1. The lowest BCUT2D eigenvalue weighted by Gasteiger charge is -2.28. The fourth-order valence-corrected chi connectivity index (χ4v) is 2.37. The number of hydrogen-bond acceptors (Lipinski definition) is 5. The van der Waals surface area contributed by atoms with Crippen LogP contribution in [0.25, 0.3) is 0 Å². The Labute approximate surface area is 92.6 Å². The van der Waals surface area contributed by atoms with E-state index in [-0.39, 0.29) is 11.9 Å². The minimum absolute atomic E-state index is 0.0547. The quantitative estimate of drug-likeness (QED) is 0.774. The molecule has 1 aromatic rings. The van der Waals surface area contributed by atoms with E-state index in [1.54, 1.807) is 11.6 Å². The summed E-state index contributed by atoms with van der Waals surface area (Å²) in [5, 5.41) is 11.8. The summed E-state index contributed by atoms with van der Waals surface area (Å²) < 4.78 is 0. The topological polar surface area (TPSA) is 53.4 Å². The number of thiazole rings is 1. The molecule has 1 saturated heterocycles. The summed E-state index contributed by atoms with van der Waals surface area (Å²) in [4.78, 5) is 17.7. The van der Waals surface area contributed by atoms with Crippen LogP contribution in [-0.2, 0) is 0 Å². The van der Waals surface area contributed by atoms with Crippen LogP contribution < -0.4 is 0 Å². The van der Waals surface area contributed by atoms with Gasteiger partial charge in [0.25, 0.3) is 0 Å². The molecule has 2 heterocycles. The van der Waals surface area contributed by atoms with Gasteiger partial charge in [-0.15, -0.1) is 11.3 Å². The van der Waals surface area contributed by atoms with Gasteiger partial charge in [0.15, 0.2) is 5.01 Å². The lowest BCUT2D eigenvalue weighted by molar-refractivity contribution is 0.0634. The molecule has 0 spiro atoms. The highest BCUT2D eigenvalue weighted by Gasteiger charge is 2.20. The Morgan fingerprint density at radius 1 is 1.73 bits per heavy atom. The number of ketones is 1. The minimum atomic E-state index is -0.275. The Morgan fingerprint density at radius 2 is 2.60 bits per heavy atom. The van der Waals surface area contributed by atoms with E-state index in [2.05, 4.69) is 4.98 Å². The lowest BCUT2D eigenvalue weighted by atomic mass is 10.1. The van der Waals surface area contributed by atoms with Crippen molar-refractivity contribution in [3.8, 4) is 0 Å². The van der Waals surface area contributed by atoms with Gasteiger partial charge < -0.3 is 5.11 Å². The number of aliphatic hydroxyl groups excluding tert-OH is 1. The van der Waals surface area contributed by atoms with Crippen LogP contribution in [0.3, 0.4) is 0 Å². The maximum Gasteiger partial charge on any atom is 0.205 e. The number of rotatable bonds is 3. The van der Waals surface area contributed by atoms with E-state index < -0.39 is 0 Å². The zero-order valence-electron chi connectivity index (χ0n) is 8.43. The van der Waals surface area contributed by atoms with Crippen LogP contribution in [-0.4, -0.2) is 46.5 Å². The fourth-order valence-electron chi connectivity index (χ4n) is 1.81. The Kier molecular flexibility index (Phi) is 3.45. The maximum absolute atomic E-state index is 11.7. The third kappa shape index (κ3) is 2.84. The van der Waals surface area contributed by atoms with Crippen LogP contribution in [0.4, 0.5) is 0 Å². The molecule has 1 atom stereocenters. The molecule has 5 heteroatoms. The molecule has 4 nitrogen and oxygen atoms in total. The molecule has 1 N–H and O–H groups in total. The molecule has 0 aromatic carbocycles. The molecule has 0 radical (unpaired) electrons. The first-order chi connectivity index (χ1) is 7.25. The van der Waals surface area contributed by atoms with Crippen molar-refractivity contribution in [3.63, 3.8) is 0 Å². The Morgan fingerprint density at radius 3 is 3.27 bits per heavy atom. The molecule has 82 valence electrons. The van der Waals surface area contributed by atoms with Crippen molar-refractivity contribution in [3.05, 3.63) is 16.6 Å². The zero-order valence-corrected chi connectivity index (χ0v) is 9.24. The van der Waals surface area contributed by atoms with Crippen molar-refractivity contribution in [2.45, 2.75) is 18.9 Å². The number of nitrogens with zero attached hydrogens (tertiary/aromatic N) is 2. The minimum Gasteiger partial charge on any atom is -0.392 e. The summed E-state index contributed by atoms with van der Waals surface area (Å²) in [5.41, 5.74) is 0. The Balaban J connectivity index is 1.89. The number of β-amino-alcohol motifs (C(OH)–C–C–N with tert-alkyl or cyclic N) is 1. The van der Waals surface area contributed by atoms with Gasteiger partial charge in [0.2, 0.25) is 5.78 Å². The third-order valence-electron chi connectivity index (χ3n) is 2.52. The van der Waals surface area contributed by atoms with Crippen molar-refractivity contribution < 1.29 is 9.90 Å². The van der Waals surface area contributed by atoms with Crippen LogP contribution in [0.2, 0.25) is 0 Å². The summed E-state index contributed by atoms with van der Waals surface area (Å²) in [6.45, 7) is 1.88. The zero-order chi connectivity index (χ0) is 10.7. The Bertz CT molecular complexity index is 326. The molecule has 1 aliphatic heterocycles. The van der Waals surface area contributed by atoms with E-state index in [1.807, 2.05) is 4.90 Å². The molecular weight excluding hydrogens is 212 g/mol. The van der Waals surface area contributed by atoms with Gasteiger partial charge >= 0.3 is 0 Å². The predicted octanol–water partition coefficient (Wildman–Crippen LogP) is 0.782. The van der Waals surface area contributed by atoms with E-state index in [0.29, 0.717) is 18.1 Å². The van der Waals surface area contributed by atoms with E-state index in [0.717, 1.165) is 19.4 Å². The fraction of sp³-hybridized carbons (Fsp3) is 0.600. The van der Waals surface area contributed by atoms with Crippen molar-refractivity contribution in [1.29, 1.82) is 0 Å². The lowest BCUT2D eigenvalue weighted by Crippen LogP contribution is -2.41. The monoisotopic (exact) mass is 226 g/mol. The first kappa shape index (κ1) is 10.7. The number of carbonyl (C=O) groups excluding carboxylic acids is 1. The van der Waals surface area contributed by atoms with Crippen LogP contribution in [0.5, 0.6) is 0 Å². The highest BCUT2D eigenvalue weighted by molar-refractivity contribution is 7.11. The molecule has 1 aromatic heterocycles. The first-order valence-corrected chi connectivity index (χ1v) is 5.97. The number of carbonyl (C=O) groups is 1. The Hall–Kier alpha value is -0.780. The molecule has 0 saturated carbocycles. The van der Waals surface area contributed by atoms with Gasteiger partial charge in [-0.25, -0.2) is 4.98 Å². The van der Waals surface area contributed by atoms with E-state index in [9.17, 15) is 9.90 Å². The number of Topliss-reactive ketones (excluding diaryl/α,β-unsaturated/α-hetero) is 1. The number of likely N-dealkylation sites (tertiary alicyclic amines) is 1. The van der Waals surface area contributed by atoms with Gasteiger partial charge in [0, 0.05) is 18.1 Å². The highest BCUT2D eigenvalue weighted by atomic mass is 32.1. The largest absolute Gasteiger partial charge is 0.392 e. The van der Waals surface area contributed by atoms with Gasteiger partial charge in [0.05, 0.1) is 12.6 Å². The van der Waals surface area contributed by atoms with Gasteiger partial charge in [-0.1, -0.05) is 0 Å². The normalized spacial score (nSPS) is 22.9. The van der Waals surface area contributed by atoms with Crippen LogP contribution in [0.15, 0.2) is 11.6 Å². The van der Waals surface area contributed by atoms with Gasteiger partial charge in [-0.3, -0.25) is 9.69 Å². The second-order valence-corrected chi connectivity index (χ2v) is 4.69. The maximum atomic E-state index is 11.7. The first-order valence-electron chi connectivity index (χ1n) is 5.09. The summed E-state index contributed by atoms with van der Waals surface area (Å²) in [6.07, 6.45) is 3.18. The molecule has 2 rings (SSSR count). The van der Waals surface area contributed by atoms with Crippen LogP contribution >= 0.6 is 11.3 Å². The number of hydrogen-bond donors (Lipinski definition) is 1. The van der Waals surface area contributed by atoms with E-state index in [1.165, 1.54) is 11.3 Å². The molecule has 1 fully saturated rings. The summed E-state index contributed by atoms with van der Waals surface area (Å²) >= 11 is 1.37. The molecule has 15 heavy (non-hydrogen) atoms. The average Bonchev–Trinajstić information content (AvgIpc) is 2.70. The second-order valence-electron chi connectivity index (χ2n) is 3.79. The predicted molar refractivity (Wildman–Crippen MR) is 58.1 cm³/mol. The summed E-state index contributed by atoms with van der Waals surface area (Å²) in [6, 6.07) is 0.